The summed E-state index contributed by atoms with van der Waals surface area (Å²) in [5, 5.41) is 5.30. The maximum absolute atomic E-state index is 12.0. The Morgan fingerprint density at radius 1 is 1.45 bits per heavy atom. The third kappa shape index (κ3) is 4.03. The lowest BCUT2D eigenvalue weighted by Gasteiger charge is -2.11. The van der Waals surface area contributed by atoms with Crippen LogP contribution >= 0.6 is 0 Å². The summed E-state index contributed by atoms with van der Waals surface area (Å²) in [6, 6.07) is 2.60. The SMILES string of the molecule is CCCN1C(=O)NC(CC(=O)NCCc2cccnc2)C1=O. The smallest absolute Gasteiger partial charge is 0.324 e. The van der Waals surface area contributed by atoms with E-state index >= 15 is 0 Å². The van der Waals surface area contributed by atoms with Crippen molar-refractivity contribution in [2.75, 3.05) is 13.1 Å². The predicted octanol–water partition coefficient (Wildman–Crippen LogP) is 0.461. The molecular formula is C15H20N4O3. The first-order valence-corrected chi connectivity index (χ1v) is 7.39. The molecule has 0 saturated carbocycles. The molecule has 1 aromatic rings. The lowest BCUT2D eigenvalue weighted by Crippen LogP contribution is -2.37. The Kier molecular flexibility index (Phi) is 5.46. The number of pyridine rings is 1. The van der Waals surface area contributed by atoms with E-state index in [-0.39, 0.29) is 18.2 Å². The number of imide groups is 1. The van der Waals surface area contributed by atoms with E-state index in [0.717, 1.165) is 10.5 Å². The van der Waals surface area contributed by atoms with Crippen molar-refractivity contribution in [3.8, 4) is 0 Å². The van der Waals surface area contributed by atoms with E-state index in [4.69, 9.17) is 0 Å². The van der Waals surface area contributed by atoms with Crippen molar-refractivity contribution in [3.63, 3.8) is 0 Å². The molecule has 2 N–H and O–H groups in total. The molecule has 7 heteroatoms. The van der Waals surface area contributed by atoms with Crippen LogP contribution in [0, 0.1) is 0 Å². The minimum Gasteiger partial charge on any atom is -0.356 e. The molecule has 1 aromatic heterocycles. The van der Waals surface area contributed by atoms with Gasteiger partial charge in [-0.1, -0.05) is 13.0 Å². The monoisotopic (exact) mass is 304 g/mol. The molecule has 1 fully saturated rings. The summed E-state index contributed by atoms with van der Waals surface area (Å²) in [7, 11) is 0. The van der Waals surface area contributed by atoms with E-state index in [2.05, 4.69) is 15.6 Å². The average Bonchev–Trinajstić information content (AvgIpc) is 2.76. The van der Waals surface area contributed by atoms with E-state index in [1.807, 2.05) is 19.1 Å². The van der Waals surface area contributed by atoms with Crippen molar-refractivity contribution < 1.29 is 14.4 Å². The highest BCUT2D eigenvalue weighted by atomic mass is 16.2. The molecule has 22 heavy (non-hydrogen) atoms. The quantitative estimate of drug-likeness (QED) is 0.716. The number of hydrogen-bond acceptors (Lipinski definition) is 4. The van der Waals surface area contributed by atoms with Crippen LogP contribution in [0.25, 0.3) is 0 Å². The van der Waals surface area contributed by atoms with Crippen molar-refractivity contribution in [3.05, 3.63) is 30.1 Å². The number of aromatic nitrogens is 1. The van der Waals surface area contributed by atoms with Gasteiger partial charge < -0.3 is 10.6 Å². The standard InChI is InChI=1S/C15H20N4O3/c1-2-8-19-14(21)12(18-15(19)22)9-13(20)17-7-5-11-4-3-6-16-10-11/h3-4,6,10,12H,2,5,7-9H2,1H3,(H,17,20)(H,18,22). The Morgan fingerprint density at radius 2 is 2.27 bits per heavy atom. The van der Waals surface area contributed by atoms with Crippen molar-refractivity contribution in [2.45, 2.75) is 32.2 Å². The zero-order valence-electron chi connectivity index (χ0n) is 12.5. The zero-order valence-corrected chi connectivity index (χ0v) is 12.5. The number of hydrogen-bond donors (Lipinski definition) is 2. The molecule has 4 amide bonds. The number of carbonyl (C=O) groups excluding carboxylic acids is 3. The fourth-order valence-corrected chi connectivity index (χ4v) is 2.30. The molecule has 0 bridgehead atoms. The van der Waals surface area contributed by atoms with Crippen LogP contribution in [-0.2, 0) is 16.0 Å². The van der Waals surface area contributed by atoms with E-state index in [0.29, 0.717) is 25.9 Å². The van der Waals surface area contributed by atoms with Gasteiger partial charge in [-0.25, -0.2) is 4.79 Å². The summed E-state index contributed by atoms with van der Waals surface area (Å²) in [5.74, 6) is -0.574. The second kappa shape index (κ2) is 7.53. The van der Waals surface area contributed by atoms with Crippen molar-refractivity contribution in [1.29, 1.82) is 0 Å². The first-order valence-electron chi connectivity index (χ1n) is 7.39. The normalized spacial score (nSPS) is 17.5. The predicted molar refractivity (Wildman–Crippen MR) is 79.9 cm³/mol. The molecule has 2 heterocycles. The third-order valence-corrected chi connectivity index (χ3v) is 3.40. The highest BCUT2D eigenvalue weighted by molar-refractivity contribution is 6.05. The molecule has 1 saturated heterocycles. The Labute approximate surface area is 129 Å². The maximum atomic E-state index is 12.0. The van der Waals surface area contributed by atoms with Crippen LogP contribution in [0.1, 0.15) is 25.3 Å². The largest absolute Gasteiger partial charge is 0.356 e. The molecule has 1 aliphatic rings. The van der Waals surface area contributed by atoms with Gasteiger partial charge >= 0.3 is 6.03 Å². The van der Waals surface area contributed by atoms with Gasteiger partial charge in [0.15, 0.2) is 0 Å². The zero-order chi connectivity index (χ0) is 15.9. The fourth-order valence-electron chi connectivity index (χ4n) is 2.30. The van der Waals surface area contributed by atoms with Gasteiger partial charge in [0.25, 0.3) is 5.91 Å². The third-order valence-electron chi connectivity index (χ3n) is 3.40. The van der Waals surface area contributed by atoms with E-state index in [1.165, 1.54) is 0 Å². The number of nitrogens with one attached hydrogen (secondary N) is 2. The van der Waals surface area contributed by atoms with Gasteiger partial charge in [0.1, 0.15) is 6.04 Å². The fraction of sp³-hybridized carbons (Fsp3) is 0.467. The highest BCUT2D eigenvalue weighted by Gasteiger charge is 2.38. The lowest BCUT2D eigenvalue weighted by atomic mass is 10.2. The first-order chi connectivity index (χ1) is 10.6. The van der Waals surface area contributed by atoms with Gasteiger partial charge in [0, 0.05) is 25.5 Å². The number of nitrogens with zero attached hydrogens (tertiary/aromatic N) is 2. The van der Waals surface area contributed by atoms with Crippen LogP contribution in [-0.4, -0.2) is 46.9 Å². The molecule has 0 aliphatic carbocycles. The van der Waals surface area contributed by atoms with Crippen LogP contribution in [0.15, 0.2) is 24.5 Å². The first kappa shape index (κ1) is 15.9. The molecule has 1 atom stereocenters. The molecule has 1 aliphatic heterocycles. The van der Waals surface area contributed by atoms with E-state index in [9.17, 15) is 14.4 Å². The Bertz CT molecular complexity index is 547. The summed E-state index contributed by atoms with van der Waals surface area (Å²) in [5.41, 5.74) is 1.03. The topological polar surface area (TPSA) is 91.4 Å². The van der Waals surface area contributed by atoms with Gasteiger partial charge in [0.05, 0.1) is 6.42 Å². The molecular weight excluding hydrogens is 284 g/mol. The van der Waals surface area contributed by atoms with Crippen LogP contribution < -0.4 is 10.6 Å². The Balaban J connectivity index is 1.75. The average molecular weight is 304 g/mol. The molecule has 2 rings (SSSR count). The second-order valence-corrected chi connectivity index (χ2v) is 5.16. The van der Waals surface area contributed by atoms with Crippen LogP contribution in [0.2, 0.25) is 0 Å². The Morgan fingerprint density at radius 3 is 2.95 bits per heavy atom. The minimum atomic E-state index is -0.752. The van der Waals surface area contributed by atoms with Crippen LogP contribution in [0.3, 0.4) is 0 Å². The summed E-state index contributed by atoms with van der Waals surface area (Å²) in [6.45, 7) is 2.74. The van der Waals surface area contributed by atoms with E-state index in [1.54, 1.807) is 12.4 Å². The van der Waals surface area contributed by atoms with Crippen LogP contribution in [0.4, 0.5) is 4.79 Å². The van der Waals surface area contributed by atoms with Crippen LogP contribution in [0.5, 0.6) is 0 Å². The van der Waals surface area contributed by atoms with E-state index < -0.39 is 12.1 Å². The number of amides is 4. The number of urea groups is 1. The van der Waals surface area contributed by atoms with Gasteiger partial charge in [-0.2, -0.15) is 0 Å². The summed E-state index contributed by atoms with van der Waals surface area (Å²) < 4.78 is 0. The van der Waals surface area contributed by atoms with Crippen molar-refractivity contribution in [1.82, 2.24) is 20.5 Å². The number of carbonyl (C=O) groups is 3. The van der Waals surface area contributed by atoms with Gasteiger partial charge in [-0.05, 0) is 24.5 Å². The molecule has 1 unspecified atom stereocenters. The molecule has 7 nitrogen and oxygen atoms in total. The van der Waals surface area contributed by atoms with Crippen molar-refractivity contribution >= 4 is 17.8 Å². The number of rotatable bonds is 7. The summed E-state index contributed by atoms with van der Waals surface area (Å²) in [6.07, 6.45) is 4.78. The molecule has 0 radical (unpaired) electrons. The highest BCUT2D eigenvalue weighted by Crippen LogP contribution is 2.10. The van der Waals surface area contributed by atoms with Crippen molar-refractivity contribution in [2.24, 2.45) is 0 Å². The van der Waals surface area contributed by atoms with Gasteiger partial charge in [0.2, 0.25) is 5.91 Å². The Hall–Kier alpha value is -2.44. The molecule has 0 aromatic carbocycles. The molecule has 0 spiro atoms. The molecule has 118 valence electrons. The summed E-state index contributed by atoms with van der Waals surface area (Å²) >= 11 is 0. The minimum absolute atomic E-state index is 0.0299. The van der Waals surface area contributed by atoms with Gasteiger partial charge in [-0.15, -0.1) is 0 Å². The summed E-state index contributed by atoms with van der Waals surface area (Å²) in [4.78, 5) is 40.6. The van der Waals surface area contributed by atoms with Gasteiger partial charge in [-0.3, -0.25) is 19.5 Å². The maximum Gasteiger partial charge on any atom is 0.324 e. The second-order valence-electron chi connectivity index (χ2n) is 5.16. The lowest BCUT2D eigenvalue weighted by molar-refractivity contribution is -0.130.